The molecule has 0 fully saturated rings. The van der Waals surface area contributed by atoms with Gasteiger partial charge in [-0.2, -0.15) is 4.80 Å². The number of carbonyl (C=O) groups is 1. The number of Topliss-reactive ketones (excluding diaryl/α,β-unsaturated/α-hetero) is 1. The molecule has 0 amide bonds. The molecule has 0 aliphatic heterocycles. The van der Waals surface area contributed by atoms with Gasteiger partial charge in [0.1, 0.15) is 11.0 Å². The number of fused-ring (bicyclic) bond motifs is 4. The Kier molecular flexibility index (Phi) is 7.35. The zero-order chi connectivity index (χ0) is 30.5. The second-order valence-corrected chi connectivity index (χ2v) is 12.6. The fourth-order valence-corrected chi connectivity index (χ4v) is 6.17. The van der Waals surface area contributed by atoms with Crippen molar-refractivity contribution in [1.29, 1.82) is 0 Å². The lowest BCUT2D eigenvalue weighted by molar-refractivity contribution is 0.103. The fourth-order valence-electron chi connectivity index (χ4n) is 6.01. The summed E-state index contributed by atoms with van der Waals surface area (Å²) < 4.78 is 6.31. The van der Waals surface area contributed by atoms with Crippen LogP contribution in [0.15, 0.2) is 78.9 Å². The number of phenols is 1. The van der Waals surface area contributed by atoms with E-state index in [0.717, 1.165) is 51.0 Å². The molecule has 1 aliphatic carbocycles. The van der Waals surface area contributed by atoms with Crippen molar-refractivity contribution in [3.05, 3.63) is 112 Å². The average Bonchev–Trinajstić information content (AvgIpc) is 3.56. The van der Waals surface area contributed by atoms with Gasteiger partial charge in [0.05, 0.1) is 12.3 Å². The molecule has 0 spiro atoms. The average molecular weight is 592 g/mol. The van der Waals surface area contributed by atoms with E-state index < -0.39 is 0 Å². The number of ketones is 1. The lowest BCUT2D eigenvalue weighted by atomic mass is 9.82. The van der Waals surface area contributed by atoms with E-state index in [1.807, 2.05) is 54.6 Å². The molecular formula is C36H34ClN3O3. The molecule has 1 aromatic heterocycles. The molecule has 0 unspecified atom stereocenters. The minimum atomic E-state index is -0.0919. The zero-order valence-electron chi connectivity index (χ0n) is 24.9. The number of aromatic nitrogens is 3. The van der Waals surface area contributed by atoms with Gasteiger partial charge in [-0.25, -0.2) is 0 Å². The minimum Gasteiger partial charge on any atom is -0.504 e. The van der Waals surface area contributed by atoms with Crippen molar-refractivity contribution in [1.82, 2.24) is 15.0 Å². The van der Waals surface area contributed by atoms with Crippen molar-refractivity contribution >= 4 is 28.4 Å². The van der Waals surface area contributed by atoms with Crippen LogP contribution in [0.4, 0.5) is 0 Å². The van der Waals surface area contributed by atoms with Crippen molar-refractivity contribution in [3.63, 3.8) is 0 Å². The molecule has 0 saturated carbocycles. The number of carbonyl (C=O) groups excluding carboxylic acids is 1. The first-order chi connectivity index (χ1) is 20.5. The predicted molar refractivity (Wildman–Crippen MR) is 172 cm³/mol. The van der Waals surface area contributed by atoms with Crippen LogP contribution in [-0.4, -0.2) is 32.5 Å². The molecule has 0 bridgehead atoms. The van der Waals surface area contributed by atoms with Crippen molar-refractivity contribution in [2.45, 2.75) is 52.4 Å². The molecule has 6 rings (SSSR count). The van der Waals surface area contributed by atoms with Crippen LogP contribution in [0, 0.1) is 0 Å². The second-order valence-electron chi connectivity index (χ2n) is 12.2. The van der Waals surface area contributed by atoms with E-state index in [4.69, 9.17) is 26.5 Å². The summed E-state index contributed by atoms with van der Waals surface area (Å²) in [5.74, 6) is 0.501. The first-order valence-electron chi connectivity index (χ1n) is 14.5. The van der Waals surface area contributed by atoms with Crippen LogP contribution in [0.1, 0.15) is 66.7 Å². The van der Waals surface area contributed by atoms with Crippen LogP contribution >= 0.6 is 11.6 Å². The molecule has 0 saturated heterocycles. The molecule has 1 N–H and O–H groups in total. The SMILES string of the molecule is C=C(C)C(=O)c1cccc2c1-c1ccc(O)c(OCCCc3c(-n4nc5ccc(Cl)cc5n4)cccc3C(C)(C)C)c1C2. The van der Waals surface area contributed by atoms with E-state index in [-0.39, 0.29) is 16.9 Å². The topological polar surface area (TPSA) is 77.2 Å². The van der Waals surface area contributed by atoms with Gasteiger partial charge in [-0.15, -0.1) is 10.2 Å². The van der Waals surface area contributed by atoms with Crippen molar-refractivity contribution in [2.75, 3.05) is 6.61 Å². The first-order valence-corrected chi connectivity index (χ1v) is 14.9. The Balaban J connectivity index is 1.27. The zero-order valence-corrected chi connectivity index (χ0v) is 25.6. The molecule has 1 heterocycles. The van der Waals surface area contributed by atoms with Gasteiger partial charge in [-0.1, -0.05) is 75.3 Å². The summed E-state index contributed by atoms with van der Waals surface area (Å²) in [5, 5.41) is 20.9. The number of allylic oxidation sites excluding steroid dienone is 1. The standard InChI is InChI=1S/C36H34ClN3O3/c1-21(2)34(42)26-10-6-9-22-19-27-24(33(22)26)15-17-32(41)35(27)43-18-8-11-25-28(36(3,4)5)12-7-13-31(25)40-38-29-16-14-23(37)20-30(29)39-40/h6-7,9-10,12-17,20,41H,1,8,11,18-19H2,2-5H3. The smallest absolute Gasteiger partial charge is 0.188 e. The van der Waals surface area contributed by atoms with E-state index in [0.29, 0.717) is 41.4 Å². The molecule has 218 valence electrons. The second kappa shape index (κ2) is 11.0. The van der Waals surface area contributed by atoms with Gasteiger partial charge < -0.3 is 9.84 Å². The highest BCUT2D eigenvalue weighted by Gasteiger charge is 2.28. The van der Waals surface area contributed by atoms with Gasteiger partial charge in [0.25, 0.3) is 0 Å². The van der Waals surface area contributed by atoms with Crippen molar-refractivity contribution in [3.8, 4) is 28.3 Å². The molecule has 43 heavy (non-hydrogen) atoms. The summed E-state index contributed by atoms with van der Waals surface area (Å²) in [4.78, 5) is 14.6. The number of benzene rings is 4. The lowest BCUT2D eigenvalue weighted by Crippen LogP contribution is -2.17. The van der Waals surface area contributed by atoms with Gasteiger partial charge in [0.15, 0.2) is 17.3 Å². The molecule has 0 atom stereocenters. The van der Waals surface area contributed by atoms with Gasteiger partial charge in [0.2, 0.25) is 0 Å². The maximum Gasteiger partial charge on any atom is 0.188 e. The maximum absolute atomic E-state index is 12.9. The molecular weight excluding hydrogens is 558 g/mol. The number of hydrogen-bond donors (Lipinski definition) is 1. The van der Waals surface area contributed by atoms with E-state index in [1.54, 1.807) is 17.8 Å². The van der Waals surface area contributed by atoms with E-state index in [2.05, 4.69) is 33.4 Å². The molecule has 0 radical (unpaired) electrons. The van der Waals surface area contributed by atoms with Gasteiger partial charge >= 0.3 is 0 Å². The number of rotatable bonds is 8. The largest absolute Gasteiger partial charge is 0.504 e. The van der Waals surface area contributed by atoms with Crippen LogP contribution in [-0.2, 0) is 18.3 Å². The van der Waals surface area contributed by atoms with Crippen LogP contribution in [0.5, 0.6) is 11.5 Å². The minimum absolute atomic E-state index is 0.0729. The summed E-state index contributed by atoms with van der Waals surface area (Å²) in [5.41, 5.74) is 9.63. The highest BCUT2D eigenvalue weighted by atomic mass is 35.5. The van der Waals surface area contributed by atoms with Crippen LogP contribution in [0.25, 0.3) is 27.8 Å². The Labute approximate surface area is 256 Å². The molecule has 1 aliphatic rings. The highest BCUT2D eigenvalue weighted by molar-refractivity contribution is 6.31. The van der Waals surface area contributed by atoms with E-state index in [9.17, 15) is 9.90 Å². The normalized spacial score (nSPS) is 12.3. The van der Waals surface area contributed by atoms with Crippen LogP contribution in [0.2, 0.25) is 5.02 Å². The van der Waals surface area contributed by atoms with E-state index >= 15 is 0 Å². The molecule has 4 aromatic carbocycles. The fraction of sp³-hybridized carbons (Fsp3) is 0.250. The van der Waals surface area contributed by atoms with Crippen molar-refractivity contribution < 1.29 is 14.6 Å². The van der Waals surface area contributed by atoms with E-state index in [1.165, 1.54) is 5.56 Å². The summed E-state index contributed by atoms with van der Waals surface area (Å²) in [6.07, 6.45) is 2.03. The third-order valence-electron chi connectivity index (χ3n) is 7.99. The number of aromatic hydroxyl groups is 1. The highest BCUT2D eigenvalue weighted by Crippen LogP contribution is 2.47. The third kappa shape index (κ3) is 5.32. The molecule has 5 aromatic rings. The quantitative estimate of drug-likeness (QED) is 0.109. The Hall–Kier alpha value is -4.42. The number of hydrogen-bond acceptors (Lipinski definition) is 5. The number of ether oxygens (including phenoxy) is 1. The number of halogens is 1. The van der Waals surface area contributed by atoms with Gasteiger partial charge in [0, 0.05) is 22.6 Å². The van der Waals surface area contributed by atoms with Crippen molar-refractivity contribution in [2.24, 2.45) is 0 Å². The Bertz CT molecular complexity index is 1920. The number of nitrogens with zero attached hydrogens (tertiary/aromatic N) is 3. The number of phenolic OH excluding ortho intramolecular Hbond substituents is 1. The van der Waals surface area contributed by atoms with Gasteiger partial charge in [-0.05, 0) is 88.9 Å². The maximum atomic E-state index is 12.9. The molecule has 7 heteroatoms. The Morgan fingerprint density at radius 3 is 2.58 bits per heavy atom. The van der Waals surface area contributed by atoms with Gasteiger partial charge in [-0.3, -0.25) is 4.79 Å². The summed E-state index contributed by atoms with van der Waals surface area (Å²) in [6, 6.07) is 21.1. The first kappa shape index (κ1) is 28.7. The lowest BCUT2D eigenvalue weighted by Gasteiger charge is -2.25. The Morgan fingerprint density at radius 2 is 1.81 bits per heavy atom. The monoisotopic (exact) mass is 591 g/mol. The van der Waals surface area contributed by atoms with Crippen LogP contribution in [0.3, 0.4) is 0 Å². The Morgan fingerprint density at radius 1 is 1.05 bits per heavy atom. The third-order valence-corrected chi connectivity index (χ3v) is 8.23. The summed E-state index contributed by atoms with van der Waals surface area (Å²) in [7, 11) is 0. The summed E-state index contributed by atoms with van der Waals surface area (Å²) in [6.45, 7) is 12.6. The van der Waals surface area contributed by atoms with Crippen LogP contribution < -0.4 is 4.74 Å². The summed E-state index contributed by atoms with van der Waals surface area (Å²) >= 11 is 6.20. The predicted octanol–water partition coefficient (Wildman–Crippen LogP) is 8.42. The molecule has 6 nitrogen and oxygen atoms in total.